The van der Waals surface area contributed by atoms with Gasteiger partial charge in [-0.1, -0.05) is 59.1 Å². The zero-order valence-corrected chi connectivity index (χ0v) is 11.4. The summed E-state index contributed by atoms with van der Waals surface area (Å²) in [4.78, 5) is 0. The van der Waals surface area contributed by atoms with E-state index >= 15 is 0 Å². The van der Waals surface area contributed by atoms with Crippen molar-refractivity contribution < 1.29 is 4.39 Å². The van der Waals surface area contributed by atoms with Crippen LogP contribution in [-0.4, -0.2) is 0 Å². The van der Waals surface area contributed by atoms with Crippen molar-refractivity contribution in [1.29, 1.82) is 0 Å². The monoisotopic (exact) mass is 300 g/mol. The number of halogens is 4. The molecular weight excluding hydrogens is 294 g/mol. The molecule has 0 aliphatic heterocycles. The molecule has 2 aromatic carbocycles. The third-order valence-corrected chi connectivity index (χ3v) is 3.08. The molecule has 0 N–H and O–H groups in total. The van der Waals surface area contributed by atoms with Crippen LogP contribution in [0.4, 0.5) is 4.39 Å². The van der Waals surface area contributed by atoms with E-state index in [1.165, 1.54) is 12.1 Å². The Labute approximate surface area is 120 Å². The molecule has 0 unspecified atom stereocenters. The fourth-order valence-corrected chi connectivity index (χ4v) is 2.18. The second-order valence-corrected chi connectivity index (χ2v) is 5.04. The summed E-state index contributed by atoms with van der Waals surface area (Å²) < 4.78 is 13.0. The fraction of sp³-hybridized carbons (Fsp3) is 0. The first-order valence-electron chi connectivity index (χ1n) is 5.15. The van der Waals surface area contributed by atoms with Gasteiger partial charge < -0.3 is 0 Å². The molecule has 4 heteroatoms. The Morgan fingerprint density at radius 3 is 1.67 bits per heavy atom. The Kier molecular flexibility index (Phi) is 4.28. The molecule has 0 aliphatic rings. The molecule has 0 saturated carbocycles. The number of hydrogen-bond acceptors (Lipinski definition) is 0. The molecule has 0 radical (unpaired) electrons. The number of benzene rings is 2. The molecule has 0 nitrogen and oxygen atoms in total. The van der Waals surface area contributed by atoms with Crippen molar-refractivity contribution in [2.24, 2.45) is 0 Å². The molecule has 0 atom stereocenters. The first-order valence-corrected chi connectivity index (χ1v) is 6.28. The zero-order valence-electron chi connectivity index (χ0n) is 9.13. The molecule has 0 spiro atoms. The van der Waals surface area contributed by atoms with Crippen LogP contribution in [0.2, 0.25) is 5.02 Å². The Morgan fingerprint density at radius 1 is 0.778 bits per heavy atom. The van der Waals surface area contributed by atoms with Crippen LogP contribution in [0.5, 0.6) is 0 Å². The van der Waals surface area contributed by atoms with Crippen molar-refractivity contribution in [1.82, 2.24) is 0 Å². The molecule has 92 valence electrons. The first-order chi connectivity index (χ1) is 8.58. The van der Waals surface area contributed by atoms with Gasteiger partial charge in [0.1, 0.15) is 10.3 Å². The van der Waals surface area contributed by atoms with Crippen molar-refractivity contribution in [2.75, 3.05) is 0 Å². The fourth-order valence-electron chi connectivity index (χ4n) is 1.62. The number of hydrogen-bond donors (Lipinski definition) is 0. The van der Waals surface area contributed by atoms with E-state index in [0.717, 1.165) is 11.1 Å². The van der Waals surface area contributed by atoms with Crippen molar-refractivity contribution >= 4 is 40.4 Å². The summed E-state index contributed by atoms with van der Waals surface area (Å²) in [6, 6.07) is 13.1. The lowest BCUT2D eigenvalue weighted by Crippen LogP contribution is -1.89. The molecule has 2 aromatic rings. The third kappa shape index (κ3) is 3.05. The van der Waals surface area contributed by atoms with Crippen LogP contribution in [0.15, 0.2) is 53.0 Å². The average molecular weight is 302 g/mol. The van der Waals surface area contributed by atoms with E-state index in [1.54, 1.807) is 24.3 Å². The van der Waals surface area contributed by atoms with Crippen molar-refractivity contribution in [3.63, 3.8) is 0 Å². The van der Waals surface area contributed by atoms with Crippen LogP contribution in [0.1, 0.15) is 11.1 Å². The third-order valence-electron chi connectivity index (χ3n) is 2.45. The Morgan fingerprint density at radius 2 is 1.22 bits per heavy atom. The minimum Gasteiger partial charge on any atom is -0.207 e. The molecule has 0 saturated heterocycles. The van der Waals surface area contributed by atoms with E-state index in [-0.39, 0.29) is 10.3 Å². The average Bonchev–Trinajstić information content (AvgIpc) is 2.34. The van der Waals surface area contributed by atoms with Crippen LogP contribution in [0, 0.1) is 5.82 Å². The van der Waals surface area contributed by atoms with Crippen molar-refractivity contribution in [3.05, 3.63) is 75.0 Å². The van der Waals surface area contributed by atoms with Crippen LogP contribution in [0.25, 0.3) is 5.57 Å². The molecule has 0 aromatic heterocycles. The molecule has 0 amide bonds. The largest absolute Gasteiger partial charge is 0.207 e. The molecule has 0 fully saturated rings. The quantitative estimate of drug-likeness (QED) is 0.670. The maximum Gasteiger partial charge on any atom is 0.123 e. The highest BCUT2D eigenvalue weighted by atomic mass is 35.5. The summed E-state index contributed by atoms with van der Waals surface area (Å²) in [6.07, 6.45) is 0. The van der Waals surface area contributed by atoms with E-state index in [0.29, 0.717) is 10.6 Å². The Hall–Kier alpha value is -1.02. The summed E-state index contributed by atoms with van der Waals surface area (Å²) in [5.41, 5.74) is 2.22. The van der Waals surface area contributed by atoms with Crippen LogP contribution in [-0.2, 0) is 0 Å². The van der Waals surface area contributed by atoms with E-state index < -0.39 is 0 Å². The van der Waals surface area contributed by atoms with Crippen LogP contribution < -0.4 is 0 Å². The van der Waals surface area contributed by atoms with Crippen LogP contribution in [0.3, 0.4) is 0 Å². The molecule has 0 aliphatic carbocycles. The first kappa shape index (κ1) is 13.4. The SMILES string of the molecule is Fc1ccc(C(=C(Cl)Cl)c2ccc(Cl)cc2)cc1. The van der Waals surface area contributed by atoms with Gasteiger partial charge in [0.2, 0.25) is 0 Å². The van der Waals surface area contributed by atoms with Gasteiger partial charge in [-0.05, 0) is 35.4 Å². The smallest absolute Gasteiger partial charge is 0.123 e. The second kappa shape index (κ2) is 5.75. The summed E-state index contributed by atoms with van der Waals surface area (Å²) in [7, 11) is 0. The van der Waals surface area contributed by atoms with Crippen molar-refractivity contribution in [3.8, 4) is 0 Å². The molecule has 2 rings (SSSR count). The van der Waals surface area contributed by atoms with Crippen molar-refractivity contribution in [2.45, 2.75) is 0 Å². The maximum atomic E-state index is 12.9. The van der Waals surface area contributed by atoms with E-state index in [2.05, 4.69) is 0 Å². The summed E-state index contributed by atoms with van der Waals surface area (Å²) in [5.74, 6) is -0.306. The molecular formula is C14H8Cl3F. The lowest BCUT2D eigenvalue weighted by atomic mass is 10.00. The van der Waals surface area contributed by atoms with Gasteiger partial charge in [-0.2, -0.15) is 0 Å². The van der Waals surface area contributed by atoms with Gasteiger partial charge in [0, 0.05) is 10.6 Å². The highest BCUT2D eigenvalue weighted by Crippen LogP contribution is 2.31. The van der Waals surface area contributed by atoms with Gasteiger partial charge in [-0.15, -0.1) is 0 Å². The second-order valence-electron chi connectivity index (χ2n) is 3.65. The van der Waals surface area contributed by atoms with Gasteiger partial charge in [-0.25, -0.2) is 4.39 Å². The van der Waals surface area contributed by atoms with E-state index in [9.17, 15) is 4.39 Å². The van der Waals surface area contributed by atoms with Crippen LogP contribution >= 0.6 is 34.8 Å². The summed E-state index contributed by atoms with van der Waals surface area (Å²) in [6.45, 7) is 0. The maximum absolute atomic E-state index is 12.9. The van der Waals surface area contributed by atoms with Gasteiger partial charge >= 0.3 is 0 Å². The molecule has 0 bridgehead atoms. The summed E-state index contributed by atoms with van der Waals surface area (Å²) >= 11 is 17.7. The van der Waals surface area contributed by atoms with E-state index in [1.807, 2.05) is 12.1 Å². The highest BCUT2D eigenvalue weighted by molar-refractivity contribution is 6.59. The zero-order chi connectivity index (χ0) is 13.1. The summed E-state index contributed by atoms with van der Waals surface area (Å²) in [5, 5.41) is 0.628. The Bertz CT molecular complexity index is 519. The topological polar surface area (TPSA) is 0 Å². The molecule has 0 heterocycles. The predicted octanol–water partition coefficient (Wildman–Crippen LogP) is 5.67. The number of rotatable bonds is 2. The lowest BCUT2D eigenvalue weighted by Gasteiger charge is -2.09. The standard InChI is InChI=1S/C14H8Cl3F/c15-11-5-1-9(2-6-11)13(14(16)17)10-3-7-12(18)8-4-10/h1-8H. The molecule has 18 heavy (non-hydrogen) atoms. The lowest BCUT2D eigenvalue weighted by molar-refractivity contribution is 0.627. The Balaban J connectivity index is 2.51. The minimum absolute atomic E-state index is 0.129. The normalized spacial score (nSPS) is 10.2. The van der Waals surface area contributed by atoms with Gasteiger partial charge in [0.15, 0.2) is 0 Å². The predicted molar refractivity (Wildman–Crippen MR) is 75.6 cm³/mol. The minimum atomic E-state index is -0.306. The highest BCUT2D eigenvalue weighted by Gasteiger charge is 2.09. The van der Waals surface area contributed by atoms with Gasteiger partial charge in [0.05, 0.1) is 0 Å². The van der Waals surface area contributed by atoms with E-state index in [4.69, 9.17) is 34.8 Å². The van der Waals surface area contributed by atoms with Gasteiger partial charge in [-0.3, -0.25) is 0 Å². The van der Waals surface area contributed by atoms with Gasteiger partial charge in [0.25, 0.3) is 0 Å².